The summed E-state index contributed by atoms with van der Waals surface area (Å²) < 4.78 is 0. The number of nitrogens with one attached hydrogen (secondary N) is 2. The first-order chi connectivity index (χ1) is 7.38. The molecule has 0 saturated carbocycles. The molecule has 4 heteroatoms. The van der Waals surface area contributed by atoms with Crippen molar-refractivity contribution in [1.82, 2.24) is 9.97 Å². The van der Waals surface area contributed by atoms with Gasteiger partial charge in [0.1, 0.15) is 5.65 Å². The van der Waals surface area contributed by atoms with Crippen LogP contribution >= 0.6 is 0 Å². The summed E-state index contributed by atoms with van der Waals surface area (Å²) in [4.78, 5) is 27.9. The third kappa shape index (κ3) is 1.78. The number of hydrogen-bond donors (Lipinski definition) is 2. The van der Waals surface area contributed by atoms with Gasteiger partial charge in [-0.15, -0.1) is 0 Å². The van der Waals surface area contributed by atoms with Crippen molar-refractivity contribution in [2.75, 3.05) is 0 Å². The number of pyridine rings is 2. The Balaban J connectivity index is 2.94. The maximum absolute atomic E-state index is 11.5. The van der Waals surface area contributed by atoms with Crippen molar-refractivity contribution < 1.29 is 0 Å². The summed E-state index contributed by atoms with van der Waals surface area (Å²) in [5.41, 5.74) is 0.881. The van der Waals surface area contributed by atoms with E-state index >= 15 is 0 Å². The Kier molecular flexibility index (Phi) is 2.22. The highest BCUT2D eigenvalue weighted by Crippen LogP contribution is 2.26. The van der Waals surface area contributed by atoms with Gasteiger partial charge in [-0.05, 0) is 17.0 Å². The molecule has 2 N–H and O–H groups in total. The summed E-state index contributed by atoms with van der Waals surface area (Å²) >= 11 is 0. The predicted molar refractivity (Wildman–Crippen MR) is 63.9 cm³/mol. The Labute approximate surface area is 92.3 Å². The van der Waals surface area contributed by atoms with Gasteiger partial charge in [0, 0.05) is 17.5 Å². The monoisotopic (exact) mass is 218 g/mol. The minimum absolute atomic E-state index is 0.134. The number of aromatic amines is 2. The van der Waals surface area contributed by atoms with Crippen LogP contribution in [0, 0.1) is 0 Å². The second-order valence-corrected chi connectivity index (χ2v) is 4.91. The molecule has 0 unspecified atom stereocenters. The van der Waals surface area contributed by atoms with Crippen molar-refractivity contribution in [2.45, 2.75) is 26.2 Å². The number of rotatable bonds is 0. The van der Waals surface area contributed by atoms with Gasteiger partial charge in [-0.2, -0.15) is 0 Å². The average Bonchev–Trinajstić information content (AvgIpc) is 2.14. The normalized spacial score (nSPS) is 11.9. The lowest BCUT2D eigenvalue weighted by molar-refractivity contribution is 0.594. The molecule has 0 bridgehead atoms. The Morgan fingerprint density at radius 1 is 1.00 bits per heavy atom. The largest absolute Gasteiger partial charge is 0.308 e. The molecule has 0 aromatic carbocycles. The third-order valence-corrected chi connectivity index (χ3v) is 2.54. The van der Waals surface area contributed by atoms with Gasteiger partial charge in [0.25, 0.3) is 0 Å². The van der Waals surface area contributed by atoms with E-state index in [1.54, 1.807) is 12.1 Å². The minimum Gasteiger partial charge on any atom is -0.308 e. The van der Waals surface area contributed by atoms with Gasteiger partial charge in [-0.25, -0.2) is 0 Å². The molecule has 0 radical (unpaired) electrons. The Morgan fingerprint density at radius 2 is 1.62 bits per heavy atom. The van der Waals surface area contributed by atoms with E-state index in [0.717, 1.165) is 10.9 Å². The summed E-state index contributed by atoms with van der Waals surface area (Å²) in [6, 6.07) is 4.79. The van der Waals surface area contributed by atoms with Crippen LogP contribution < -0.4 is 11.1 Å². The second kappa shape index (κ2) is 3.33. The molecule has 0 aliphatic carbocycles. The van der Waals surface area contributed by atoms with E-state index in [4.69, 9.17) is 0 Å². The van der Waals surface area contributed by atoms with Gasteiger partial charge in [0.15, 0.2) is 0 Å². The van der Waals surface area contributed by atoms with Crippen LogP contribution in [0.3, 0.4) is 0 Å². The van der Waals surface area contributed by atoms with E-state index in [9.17, 15) is 9.59 Å². The zero-order valence-electron chi connectivity index (χ0n) is 9.55. The lowest BCUT2D eigenvalue weighted by Crippen LogP contribution is -2.19. The Bertz CT molecular complexity index is 639. The summed E-state index contributed by atoms with van der Waals surface area (Å²) in [6.45, 7) is 6.10. The first-order valence-electron chi connectivity index (χ1n) is 5.15. The predicted octanol–water partition coefficient (Wildman–Crippen LogP) is 1.51. The molecular weight excluding hydrogens is 204 g/mol. The molecule has 2 aromatic heterocycles. The van der Waals surface area contributed by atoms with E-state index < -0.39 is 0 Å². The molecule has 2 heterocycles. The minimum atomic E-state index is -0.214. The Hall–Kier alpha value is -1.84. The molecule has 2 rings (SSSR count). The first-order valence-corrected chi connectivity index (χ1v) is 5.15. The van der Waals surface area contributed by atoms with Gasteiger partial charge in [-0.1, -0.05) is 20.8 Å². The molecule has 0 saturated heterocycles. The molecule has 0 spiro atoms. The number of hydrogen-bond acceptors (Lipinski definition) is 2. The van der Waals surface area contributed by atoms with E-state index in [-0.39, 0.29) is 16.5 Å². The first kappa shape index (κ1) is 10.7. The van der Waals surface area contributed by atoms with Crippen molar-refractivity contribution in [3.05, 3.63) is 44.5 Å². The highest BCUT2D eigenvalue weighted by Gasteiger charge is 2.17. The van der Waals surface area contributed by atoms with Crippen molar-refractivity contribution >= 4 is 11.0 Å². The fourth-order valence-electron chi connectivity index (χ4n) is 1.79. The standard InChI is InChI=1S/C12H14N2O2/c1-12(2,3)8-6-10(16)14-11-7(8)4-5-9(15)13-11/h4-6H,1-3H3,(H2,13,14,15,16). The third-order valence-electron chi connectivity index (χ3n) is 2.54. The zero-order valence-corrected chi connectivity index (χ0v) is 9.55. The van der Waals surface area contributed by atoms with E-state index in [1.165, 1.54) is 6.07 Å². The van der Waals surface area contributed by atoms with Crippen LogP contribution in [0.5, 0.6) is 0 Å². The lowest BCUT2D eigenvalue weighted by Gasteiger charge is -2.20. The van der Waals surface area contributed by atoms with Crippen LogP contribution in [0.25, 0.3) is 11.0 Å². The summed E-state index contributed by atoms with van der Waals surface area (Å²) in [6.07, 6.45) is 0. The lowest BCUT2D eigenvalue weighted by atomic mass is 9.85. The van der Waals surface area contributed by atoms with Crippen LogP contribution in [0.1, 0.15) is 26.3 Å². The molecule has 16 heavy (non-hydrogen) atoms. The molecule has 0 fully saturated rings. The number of fused-ring (bicyclic) bond motifs is 1. The number of aromatic nitrogens is 2. The molecule has 0 atom stereocenters. The zero-order chi connectivity index (χ0) is 11.9. The van der Waals surface area contributed by atoms with E-state index in [0.29, 0.717) is 5.65 Å². The summed E-state index contributed by atoms with van der Waals surface area (Å²) in [7, 11) is 0. The van der Waals surface area contributed by atoms with Crippen molar-refractivity contribution in [2.24, 2.45) is 0 Å². The van der Waals surface area contributed by atoms with Crippen molar-refractivity contribution in [1.29, 1.82) is 0 Å². The molecule has 0 aliphatic rings. The van der Waals surface area contributed by atoms with Gasteiger partial charge >= 0.3 is 0 Å². The molecular formula is C12H14N2O2. The van der Waals surface area contributed by atoms with Crippen LogP contribution in [-0.4, -0.2) is 9.97 Å². The Morgan fingerprint density at radius 3 is 2.25 bits per heavy atom. The van der Waals surface area contributed by atoms with Crippen LogP contribution in [0.15, 0.2) is 27.8 Å². The van der Waals surface area contributed by atoms with Gasteiger partial charge in [-0.3, -0.25) is 9.59 Å². The molecule has 84 valence electrons. The highest BCUT2D eigenvalue weighted by atomic mass is 16.1. The maximum Gasteiger partial charge on any atom is 0.249 e. The molecule has 2 aromatic rings. The summed E-state index contributed by atoms with van der Waals surface area (Å²) in [5, 5.41) is 0.881. The fraction of sp³-hybridized carbons (Fsp3) is 0.333. The smallest absolute Gasteiger partial charge is 0.249 e. The number of H-pyrrole nitrogens is 2. The topological polar surface area (TPSA) is 65.7 Å². The van der Waals surface area contributed by atoms with Crippen molar-refractivity contribution in [3.8, 4) is 0 Å². The quantitative estimate of drug-likeness (QED) is 0.704. The SMILES string of the molecule is CC(C)(C)c1cc(=O)[nH]c2[nH]c(=O)ccc12. The van der Waals surface area contributed by atoms with E-state index in [1.807, 2.05) is 20.8 Å². The average molecular weight is 218 g/mol. The molecule has 0 amide bonds. The molecule has 0 aliphatic heterocycles. The van der Waals surface area contributed by atoms with Crippen LogP contribution in [0.2, 0.25) is 0 Å². The summed E-state index contributed by atoms with van der Waals surface area (Å²) in [5.74, 6) is 0. The van der Waals surface area contributed by atoms with Crippen LogP contribution in [-0.2, 0) is 5.41 Å². The highest BCUT2D eigenvalue weighted by molar-refractivity contribution is 5.79. The second-order valence-electron chi connectivity index (χ2n) is 4.91. The fourth-order valence-corrected chi connectivity index (χ4v) is 1.79. The van der Waals surface area contributed by atoms with Crippen LogP contribution in [0.4, 0.5) is 0 Å². The van der Waals surface area contributed by atoms with Gasteiger partial charge in [0.2, 0.25) is 11.1 Å². The van der Waals surface area contributed by atoms with E-state index in [2.05, 4.69) is 9.97 Å². The van der Waals surface area contributed by atoms with Gasteiger partial charge < -0.3 is 9.97 Å². The maximum atomic E-state index is 11.5. The molecule has 4 nitrogen and oxygen atoms in total. The van der Waals surface area contributed by atoms with Gasteiger partial charge in [0.05, 0.1) is 0 Å². The van der Waals surface area contributed by atoms with Crippen molar-refractivity contribution in [3.63, 3.8) is 0 Å².